The van der Waals surface area contributed by atoms with Crippen LogP contribution in [0, 0.1) is 0 Å². The Morgan fingerprint density at radius 2 is 1.71 bits per heavy atom. The second kappa shape index (κ2) is 9.63. The summed E-state index contributed by atoms with van der Waals surface area (Å²) in [5.41, 5.74) is 1.44. The Bertz CT molecular complexity index is 1210. The van der Waals surface area contributed by atoms with Crippen molar-refractivity contribution in [1.82, 2.24) is 0 Å². The van der Waals surface area contributed by atoms with Crippen molar-refractivity contribution in [3.8, 4) is 0 Å². The number of rotatable bonds is 7. The molecule has 0 aliphatic carbocycles. The fourth-order valence-corrected chi connectivity index (χ4v) is 4.10. The Kier molecular flexibility index (Phi) is 6.94. The number of anilines is 1. The number of nitrogens with zero attached hydrogens (tertiary/aromatic N) is 1. The van der Waals surface area contributed by atoms with Crippen LogP contribution in [-0.2, 0) is 14.8 Å². The number of oxime groups is 1. The number of carbonyl (C=O) groups excluding carboxylic acids is 1. The predicted octanol–water partition coefficient (Wildman–Crippen LogP) is 4.54. The number of ether oxygens (including phenoxy) is 1. The van der Waals surface area contributed by atoms with E-state index in [1.54, 1.807) is 37.3 Å². The zero-order valence-corrected chi connectivity index (χ0v) is 18.0. The molecule has 31 heavy (non-hydrogen) atoms. The normalized spacial score (nSPS) is 11.7. The van der Waals surface area contributed by atoms with E-state index in [2.05, 4.69) is 9.88 Å². The molecule has 0 bridgehead atoms. The van der Waals surface area contributed by atoms with Crippen LogP contribution in [0.4, 0.5) is 5.69 Å². The zero-order chi connectivity index (χ0) is 22.4. The fourth-order valence-electron chi connectivity index (χ4n) is 2.85. The summed E-state index contributed by atoms with van der Waals surface area (Å²) in [5.74, 6) is -0.536. The highest BCUT2D eigenvalue weighted by atomic mass is 35.5. The molecule has 0 amide bonds. The molecule has 3 aromatic carbocycles. The van der Waals surface area contributed by atoms with Gasteiger partial charge in [-0.05, 0) is 49.4 Å². The maximum Gasteiger partial charge on any atom is 0.338 e. The highest BCUT2D eigenvalue weighted by Gasteiger charge is 2.20. The number of halogens is 1. The maximum atomic E-state index is 12.9. The van der Waals surface area contributed by atoms with Gasteiger partial charge >= 0.3 is 5.97 Å². The van der Waals surface area contributed by atoms with Crippen molar-refractivity contribution in [3.05, 3.63) is 94.5 Å². The summed E-state index contributed by atoms with van der Waals surface area (Å²) in [6.07, 6.45) is 0. The first kappa shape index (κ1) is 22.3. The maximum absolute atomic E-state index is 12.9. The summed E-state index contributed by atoms with van der Waals surface area (Å²) in [6.45, 7) is 1.90. The van der Waals surface area contributed by atoms with Gasteiger partial charge in [0.2, 0.25) is 0 Å². The molecule has 3 aromatic rings. The number of benzene rings is 3. The van der Waals surface area contributed by atoms with Crippen LogP contribution in [0.2, 0.25) is 5.02 Å². The Morgan fingerprint density at radius 3 is 2.32 bits per heavy atom. The van der Waals surface area contributed by atoms with E-state index >= 15 is 0 Å². The molecule has 9 heteroatoms. The van der Waals surface area contributed by atoms with Crippen LogP contribution in [0.1, 0.15) is 28.4 Å². The van der Waals surface area contributed by atoms with Gasteiger partial charge in [0, 0.05) is 16.1 Å². The molecule has 0 aliphatic rings. The molecule has 0 aromatic heterocycles. The number of sulfonamides is 1. The molecule has 0 atom stereocenters. The topological polar surface area (TPSA) is 105 Å². The van der Waals surface area contributed by atoms with Gasteiger partial charge < -0.3 is 9.94 Å². The molecule has 0 fully saturated rings. The lowest BCUT2D eigenvalue weighted by Crippen LogP contribution is -2.16. The van der Waals surface area contributed by atoms with Crippen molar-refractivity contribution in [2.24, 2.45) is 5.16 Å². The van der Waals surface area contributed by atoms with Crippen LogP contribution >= 0.6 is 11.6 Å². The van der Waals surface area contributed by atoms with Gasteiger partial charge in [-0.25, -0.2) is 13.2 Å². The SMILES string of the molecule is CCOC(=O)c1ccc(S(=O)(=O)Nc2ccc(Cl)cc2/C(=N/O)c2ccccc2)cc1. The molecule has 0 unspecified atom stereocenters. The standard InChI is InChI=1S/C22H19ClN2O5S/c1-2-30-22(26)16-8-11-18(12-9-16)31(28,29)25-20-13-10-17(23)14-19(20)21(24-27)15-6-4-3-5-7-15/h3-14,25,27H,2H2,1H3/b24-21+. The van der Waals surface area contributed by atoms with Crippen molar-refractivity contribution < 1.29 is 23.2 Å². The van der Waals surface area contributed by atoms with E-state index in [1.165, 1.54) is 42.5 Å². The number of carbonyl (C=O) groups is 1. The minimum absolute atomic E-state index is 0.0522. The average molecular weight is 459 g/mol. The smallest absolute Gasteiger partial charge is 0.338 e. The molecule has 0 saturated carbocycles. The number of hydrogen-bond acceptors (Lipinski definition) is 6. The number of esters is 1. The average Bonchev–Trinajstić information content (AvgIpc) is 2.77. The fraction of sp³-hybridized carbons (Fsp3) is 0.0909. The monoisotopic (exact) mass is 458 g/mol. The minimum atomic E-state index is -4.01. The summed E-state index contributed by atoms with van der Waals surface area (Å²) in [4.78, 5) is 11.7. The Morgan fingerprint density at radius 1 is 1.03 bits per heavy atom. The second-order valence-electron chi connectivity index (χ2n) is 6.35. The summed E-state index contributed by atoms with van der Waals surface area (Å²) in [7, 11) is -4.01. The van der Waals surface area contributed by atoms with E-state index in [4.69, 9.17) is 16.3 Å². The number of hydrogen-bond donors (Lipinski definition) is 2. The summed E-state index contributed by atoms with van der Waals surface area (Å²) in [5, 5.41) is 13.3. The molecule has 0 heterocycles. The van der Waals surface area contributed by atoms with E-state index in [-0.39, 0.29) is 28.5 Å². The third-order valence-corrected chi connectivity index (χ3v) is 5.92. The largest absolute Gasteiger partial charge is 0.462 e. The van der Waals surface area contributed by atoms with Crippen molar-refractivity contribution in [2.75, 3.05) is 11.3 Å². The molecule has 0 aliphatic heterocycles. The van der Waals surface area contributed by atoms with E-state index < -0.39 is 16.0 Å². The van der Waals surface area contributed by atoms with Crippen LogP contribution in [0.5, 0.6) is 0 Å². The van der Waals surface area contributed by atoms with Crippen molar-refractivity contribution >= 4 is 39.0 Å². The van der Waals surface area contributed by atoms with Crippen LogP contribution in [0.3, 0.4) is 0 Å². The van der Waals surface area contributed by atoms with E-state index in [9.17, 15) is 18.4 Å². The van der Waals surface area contributed by atoms with Gasteiger partial charge in [-0.15, -0.1) is 0 Å². The molecule has 0 radical (unpaired) electrons. The van der Waals surface area contributed by atoms with Crippen LogP contribution in [-0.4, -0.2) is 31.9 Å². The van der Waals surface area contributed by atoms with Gasteiger partial charge in [0.25, 0.3) is 10.0 Å². The second-order valence-corrected chi connectivity index (χ2v) is 8.47. The molecule has 160 valence electrons. The molecule has 3 rings (SSSR count). The van der Waals surface area contributed by atoms with Gasteiger partial charge in [0.05, 0.1) is 22.8 Å². The summed E-state index contributed by atoms with van der Waals surface area (Å²) < 4.78 is 33.3. The first-order valence-corrected chi connectivity index (χ1v) is 11.1. The van der Waals surface area contributed by atoms with E-state index in [0.29, 0.717) is 16.1 Å². The molecule has 7 nitrogen and oxygen atoms in total. The van der Waals surface area contributed by atoms with Gasteiger partial charge in [0.15, 0.2) is 0 Å². The third kappa shape index (κ3) is 5.22. The van der Waals surface area contributed by atoms with Crippen LogP contribution in [0.15, 0.2) is 82.8 Å². The quantitative estimate of drug-likeness (QED) is 0.234. The Labute approximate surface area is 185 Å². The Balaban J connectivity index is 1.96. The van der Waals surface area contributed by atoms with Gasteiger partial charge in [-0.2, -0.15) is 0 Å². The minimum Gasteiger partial charge on any atom is -0.462 e. The third-order valence-electron chi connectivity index (χ3n) is 4.30. The van der Waals surface area contributed by atoms with E-state index in [1.807, 2.05) is 0 Å². The first-order valence-electron chi connectivity index (χ1n) is 9.23. The van der Waals surface area contributed by atoms with Gasteiger partial charge in [-0.3, -0.25) is 4.72 Å². The van der Waals surface area contributed by atoms with Gasteiger partial charge in [-0.1, -0.05) is 47.1 Å². The van der Waals surface area contributed by atoms with Crippen LogP contribution < -0.4 is 4.72 Å². The van der Waals surface area contributed by atoms with E-state index in [0.717, 1.165) is 0 Å². The molecule has 2 N–H and O–H groups in total. The number of nitrogens with one attached hydrogen (secondary N) is 1. The zero-order valence-electron chi connectivity index (χ0n) is 16.4. The highest BCUT2D eigenvalue weighted by molar-refractivity contribution is 7.92. The lowest BCUT2D eigenvalue weighted by Gasteiger charge is -2.14. The van der Waals surface area contributed by atoms with Crippen LogP contribution in [0.25, 0.3) is 0 Å². The first-order chi connectivity index (χ1) is 14.9. The lowest BCUT2D eigenvalue weighted by atomic mass is 10.0. The van der Waals surface area contributed by atoms with Crippen molar-refractivity contribution in [2.45, 2.75) is 11.8 Å². The molecular formula is C22H19ClN2O5S. The predicted molar refractivity (Wildman–Crippen MR) is 119 cm³/mol. The molecular weight excluding hydrogens is 440 g/mol. The van der Waals surface area contributed by atoms with Gasteiger partial charge in [0.1, 0.15) is 5.71 Å². The lowest BCUT2D eigenvalue weighted by molar-refractivity contribution is 0.0526. The van der Waals surface area contributed by atoms with Crippen molar-refractivity contribution in [1.29, 1.82) is 0 Å². The molecule has 0 spiro atoms. The molecule has 0 saturated heterocycles. The Hall–Kier alpha value is -3.36. The highest BCUT2D eigenvalue weighted by Crippen LogP contribution is 2.27. The summed E-state index contributed by atoms with van der Waals surface area (Å²) >= 11 is 6.11. The van der Waals surface area contributed by atoms with Crippen molar-refractivity contribution in [3.63, 3.8) is 0 Å². The summed E-state index contributed by atoms with van der Waals surface area (Å²) in [6, 6.07) is 18.7.